The monoisotopic (exact) mass is 481 g/mol. The normalized spacial score (nSPS) is 20.8. The van der Waals surface area contributed by atoms with E-state index in [1.165, 1.54) is 6.07 Å². The van der Waals surface area contributed by atoms with Gasteiger partial charge in [-0.2, -0.15) is 5.10 Å². The molecule has 1 unspecified atom stereocenters. The van der Waals surface area contributed by atoms with Crippen molar-refractivity contribution in [2.45, 2.75) is 51.4 Å². The summed E-state index contributed by atoms with van der Waals surface area (Å²) >= 11 is 0. The molecule has 35 heavy (non-hydrogen) atoms. The maximum Gasteiger partial charge on any atom is 0.309 e. The summed E-state index contributed by atoms with van der Waals surface area (Å²) in [6.45, 7) is 6.31. The molecule has 2 atom stereocenters. The first-order valence-electron chi connectivity index (χ1n) is 11.8. The highest BCUT2D eigenvalue weighted by molar-refractivity contribution is 5.99. The number of fused-ring (bicyclic) bond motifs is 2. The van der Waals surface area contributed by atoms with Crippen molar-refractivity contribution in [3.63, 3.8) is 0 Å². The number of carboxylic acid groups (broad SMARTS) is 1. The number of ether oxygens (including phenoxy) is 1. The highest BCUT2D eigenvalue weighted by atomic mass is 19.2. The third-order valence-corrected chi connectivity index (χ3v) is 7.54. The number of nitrogens with one attached hydrogen (secondary N) is 1. The van der Waals surface area contributed by atoms with Crippen LogP contribution in [0.1, 0.15) is 57.2 Å². The Morgan fingerprint density at radius 3 is 2.71 bits per heavy atom. The number of rotatable bonds is 6. The van der Waals surface area contributed by atoms with Gasteiger partial charge < -0.3 is 14.4 Å². The smallest absolute Gasteiger partial charge is 0.309 e. The number of carbonyl (C=O) groups is 1. The summed E-state index contributed by atoms with van der Waals surface area (Å²) < 4.78 is 35.9. The van der Waals surface area contributed by atoms with Crippen molar-refractivity contribution in [3.8, 4) is 5.69 Å². The summed E-state index contributed by atoms with van der Waals surface area (Å²) in [5.41, 5.74) is 2.82. The van der Waals surface area contributed by atoms with E-state index in [2.05, 4.69) is 24.0 Å². The van der Waals surface area contributed by atoms with Crippen molar-refractivity contribution < 1.29 is 23.4 Å². The Morgan fingerprint density at radius 2 is 2.06 bits per heavy atom. The van der Waals surface area contributed by atoms with Gasteiger partial charge in [0.2, 0.25) is 0 Å². The van der Waals surface area contributed by atoms with Crippen LogP contribution in [0.4, 0.5) is 8.78 Å². The molecule has 1 aliphatic rings. The number of nitrogens with zero attached hydrogens (tertiary/aromatic N) is 2. The van der Waals surface area contributed by atoms with Crippen LogP contribution in [0.3, 0.4) is 0 Å². The van der Waals surface area contributed by atoms with E-state index in [4.69, 9.17) is 4.74 Å². The molecule has 2 N–H and O–H groups in total. The fourth-order valence-corrected chi connectivity index (χ4v) is 5.83. The van der Waals surface area contributed by atoms with E-state index in [1.54, 1.807) is 26.3 Å². The molecule has 1 fully saturated rings. The van der Waals surface area contributed by atoms with Crippen LogP contribution >= 0.6 is 0 Å². The Bertz CT molecular complexity index is 1460. The molecule has 0 spiro atoms. The van der Waals surface area contributed by atoms with Gasteiger partial charge in [-0.15, -0.1) is 0 Å². The largest absolute Gasteiger partial charge is 0.481 e. The van der Waals surface area contributed by atoms with Crippen LogP contribution in [0, 0.1) is 17.0 Å². The number of methoxy groups -OCH3 is 1. The third kappa shape index (κ3) is 3.71. The predicted molar refractivity (Wildman–Crippen MR) is 130 cm³/mol. The highest BCUT2D eigenvalue weighted by Gasteiger charge is 2.45. The summed E-state index contributed by atoms with van der Waals surface area (Å²) in [6.07, 6.45) is 3.52. The van der Waals surface area contributed by atoms with Gasteiger partial charge >= 0.3 is 5.97 Å². The molecule has 1 saturated carbocycles. The van der Waals surface area contributed by atoms with Crippen molar-refractivity contribution in [2.24, 2.45) is 5.41 Å². The SMILES string of the molecule is COCC(C)(C)c1c(C2CC[C@@](C)(C(=O)O)C2)c2cc3[nH]ncc3cc2n1-c1ccc(F)c(F)c1. The Labute approximate surface area is 201 Å². The molecular formula is C27H29F2N3O3. The number of halogens is 2. The summed E-state index contributed by atoms with van der Waals surface area (Å²) in [4.78, 5) is 12.1. The van der Waals surface area contributed by atoms with Gasteiger partial charge in [0.05, 0.1) is 29.3 Å². The predicted octanol–water partition coefficient (Wildman–Crippen LogP) is 6.07. The second-order valence-corrected chi connectivity index (χ2v) is 10.6. The van der Waals surface area contributed by atoms with Crippen molar-refractivity contribution >= 4 is 27.8 Å². The highest BCUT2D eigenvalue weighted by Crippen LogP contribution is 2.52. The first-order chi connectivity index (χ1) is 16.6. The molecule has 2 heterocycles. The Balaban J connectivity index is 1.88. The Kier molecular flexibility index (Phi) is 5.47. The summed E-state index contributed by atoms with van der Waals surface area (Å²) in [5.74, 6) is -2.65. The zero-order valence-electron chi connectivity index (χ0n) is 20.3. The minimum absolute atomic E-state index is 0.0170. The van der Waals surface area contributed by atoms with E-state index >= 15 is 0 Å². The molecule has 0 aliphatic heterocycles. The first kappa shape index (κ1) is 23.5. The molecule has 8 heteroatoms. The van der Waals surface area contributed by atoms with Crippen molar-refractivity contribution in [1.29, 1.82) is 0 Å². The summed E-state index contributed by atoms with van der Waals surface area (Å²) in [5, 5.41) is 18.9. The van der Waals surface area contributed by atoms with Crippen LogP contribution in [-0.4, -0.2) is 39.6 Å². The number of hydrogen-bond acceptors (Lipinski definition) is 3. The van der Waals surface area contributed by atoms with Crippen molar-refractivity contribution in [2.75, 3.05) is 13.7 Å². The molecule has 5 rings (SSSR count). The number of hydrogen-bond donors (Lipinski definition) is 2. The molecule has 0 radical (unpaired) electrons. The second kappa shape index (κ2) is 8.16. The van der Waals surface area contributed by atoms with Gasteiger partial charge in [0, 0.05) is 40.7 Å². The van der Waals surface area contributed by atoms with Gasteiger partial charge in [-0.05, 0) is 61.9 Å². The minimum Gasteiger partial charge on any atom is -0.481 e. The van der Waals surface area contributed by atoms with Crippen molar-refractivity contribution in [1.82, 2.24) is 14.8 Å². The summed E-state index contributed by atoms with van der Waals surface area (Å²) in [6, 6.07) is 7.95. The van der Waals surface area contributed by atoms with Gasteiger partial charge in [0.15, 0.2) is 11.6 Å². The molecule has 1 aliphatic carbocycles. The molecule has 6 nitrogen and oxygen atoms in total. The maximum absolute atomic E-state index is 14.4. The lowest BCUT2D eigenvalue weighted by Gasteiger charge is -2.30. The Morgan fingerprint density at radius 1 is 1.29 bits per heavy atom. The van der Waals surface area contributed by atoms with E-state index in [-0.39, 0.29) is 5.92 Å². The first-order valence-corrected chi connectivity index (χ1v) is 11.8. The minimum atomic E-state index is -0.926. The molecule has 4 aromatic rings. The number of aromatic nitrogens is 3. The number of H-pyrrole nitrogens is 1. The molecule has 184 valence electrons. The van der Waals surface area contributed by atoms with Crippen LogP contribution in [0.2, 0.25) is 0 Å². The van der Waals surface area contributed by atoms with Crippen LogP contribution in [0.15, 0.2) is 36.5 Å². The number of benzene rings is 2. The lowest BCUT2D eigenvalue weighted by atomic mass is 9.80. The molecular weight excluding hydrogens is 452 g/mol. The fourth-order valence-electron chi connectivity index (χ4n) is 5.83. The topological polar surface area (TPSA) is 80.1 Å². The van der Waals surface area contributed by atoms with Gasteiger partial charge in [-0.3, -0.25) is 9.89 Å². The average Bonchev–Trinajstić information content (AvgIpc) is 3.50. The number of aliphatic carboxylic acids is 1. The average molecular weight is 482 g/mol. The molecule has 2 aromatic heterocycles. The van der Waals surface area contributed by atoms with Crippen LogP contribution in [0.5, 0.6) is 0 Å². The molecule has 0 saturated heterocycles. The zero-order valence-corrected chi connectivity index (χ0v) is 20.3. The van der Waals surface area contributed by atoms with E-state index in [0.717, 1.165) is 45.6 Å². The quantitative estimate of drug-likeness (QED) is 0.350. The molecule has 2 aromatic carbocycles. The van der Waals surface area contributed by atoms with Crippen LogP contribution in [0.25, 0.3) is 27.5 Å². The Hall–Kier alpha value is -3.26. The van der Waals surface area contributed by atoms with Gasteiger partial charge in [0.25, 0.3) is 0 Å². The lowest BCUT2D eigenvalue weighted by Crippen LogP contribution is -2.29. The van der Waals surface area contributed by atoms with Gasteiger partial charge in [-0.25, -0.2) is 8.78 Å². The lowest BCUT2D eigenvalue weighted by molar-refractivity contribution is -0.147. The zero-order chi connectivity index (χ0) is 25.1. The van der Waals surface area contributed by atoms with E-state index in [9.17, 15) is 18.7 Å². The van der Waals surface area contributed by atoms with E-state index in [1.807, 2.05) is 16.7 Å². The van der Waals surface area contributed by atoms with Gasteiger partial charge in [0.1, 0.15) is 0 Å². The van der Waals surface area contributed by atoms with Crippen LogP contribution < -0.4 is 0 Å². The van der Waals surface area contributed by atoms with E-state index in [0.29, 0.717) is 25.1 Å². The van der Waals surface area contributed by atoms with Gasteiger partial charge in [-0.1, -0.05) is 13.8 Å². The number of aromatic amines is 1. The standard InChI is InChI=1S/C27H29F2N3O3/c1-26(2,14-35-4)24-23(15-7-8-27(3,12-15)25(33)34)18-11-21-16(13-30-31-21)9-22(18)32(24)17-5-6-19(28)20(29)10-17/h5-6,9-11,13,15H,7-8,12,14H2,1-4H3,(H,30,31)(H,33,34)/t15?,27-/m1/s1. The summed E-state index contributed by atoms with van der Waals surface area (Å²) in [7, 11) is 1.64. The molecule has 0 amide bonds. The second-order valence-electron chi connectivity index (χ2n) is 10.6. The van der Waals surface area contributed by atoms with E-state index < -0.39 is 28.4 Å². The van der Waals surface area contributed by atoms with Crippen molar-refractivity contribution in [3.05, 3.63) is 59.4 Å². The van der Waals surface area contributed by atoms with Crippen LogP contribution in [-0.2, 0) is 14.9 Å². The maximum atomic E-state index is 14.4. The molecule has 0 bridgehead atoms. The third-order valence-electron chi connectivity index (χ3n) is 7.54. The fraction of sp³-hybridized carbons (Fsp3) is 0.407. The number of carboxylic acids is 1.